The molecule has 2 heterocycles. The lowest BCUT2D eigenvalue weighted by Crippen LogP contribution is -2.27. The van der Waals surface area contributed by atoms with E-state index in [9.17, 15) is 4.79 Å². The van der Waals surface area contributed by atoms with Crippen LogP contribution in [0.3, 0.4) is 0 Å². The molecule has 7 nitrogen and oxygen atoms in total. The maximum Gasteiger partial charge on any atom is 0.244 e. The zero-order chi connectivity index (χ0) is 18.7. The summed E-state index contributed by atoms with van der Waals surface area (Å²) in [5, 5.41) is 9.07. The molecule has 0 radical (unpaired) electrons. The first-order chi connectivity index (χ1) is 13.3. The highest BCUT2D eigenvalue weighted by Crippen LogP contribution is 2.13. The molecule has 1 aromatic carbocycles. The van der Waals surface area contributed by atoms with Crippen LogP contribution in [0.2, 0.25) is 0 Å². The molecule has 27 heavy (non-hydrogen) atoms. The second-order valence-corrected chi connectivity index (χ2v) is 5.59. The minimum atomic E-state index is -0.138. The van der Waals surface area contributed by atoms with Crippen LogP contribution in [0.5, 0.6) is 0 Å². The van der Waals surface area contributed by atoms with Gasteiger partial charge in [0.25, 0.3) is 0 Å². The zero-order valence-electron chi connectivity index (χ0n) is 14.7. The lowest BCUT2D eigenvalue weighted by molar-refractivity contribution is -0.116. The third kappa shape index (κ3) is 6.24. The molecule has 3 aromatic rings. The predicted molar refractivity (Wildman–Crippen MR) is 107 cm³/mol. The normalized spacial score (nSPS) is 10.5. The molecule has 0 fully saturated rings. The Balaban J connectivity index is 1.42. The summed E-state index contributed by atoms with van der Waals surface area (Å²) in [5.41, 5.74) is 0.986. The number of pyridine rings is 1. The van der Waals surface area contributed by atoms with E-state index in [1.165, 1.54) is 12.4 Å². The molecular weight excluding hydrogens is 340 g/mol. The van der Waals surface area contributed by atoms with Crippen molar-refractivity contribution in [2.45, 2.75) is 0 Å². The van der Waals surface area contributed by atoms with Crippen LogP contribution in [-0.2, 0) is 4.79 Å². The number of amides is 1. The van der Waals surface area contributed by atoms with Crippen LogP contribution in [0.15, 0.2) is 73.2 Å². The Bertz CT molecular complexity index is 883. The summed E-state index contributed by atoms with van der Waals surface area (Å²) >= 11 is 0. The van der Waals surface area contributed by atoms with Crippen LogP contribution in [0.1, 0.15) is 5.56 Å². The van der Waals surface area contributed by atoms with Gasteiger partial charge in [-0.1, -0.05) is 36.4 Å². The van der Waals surface area contributed by atoms with Crippen LogP contribution in [-0.4, -0.2) is 33.9 Å². The van der Waals surface area contributed by atoms with Crippen molar-refractivity contribution >= 4 is 29.4 Å². The standard InChI is InChI=1S/C20H20N6O/c27-20(10-9-16-6-2-1-3-7-16)23-13-12-22-18-14-19(25-15-24-18)26-17-8-4-5-11-21-17/h1-11,14-15H,12-13H2,(H,23,27)(H2,21,22,24,25,26)/b10-9+. The number of hydrogen-bond acceptors (Lipinski definition) is 6. The monoisotopic (exact) mass is 360 g/mol. The van der Waals surface area contributed by atoms with Crippen LogP contribution in [0.25, 0.3) is 6.08 Å². The minimum Gasteiger partial charge on any atom is -0.368 e. The molecule has 0 aliphatic heterocycles. The van der Waals surface area contributed by atoms with Gasteiger partial charge in [0, 0.05) is 31.4 Å². The van der Waals surface area contributed by atoms with Crippen molar-refractivity contribution < 1.29 is 4.79 Å². The fraction of sp³-hybridized carbons (Fsp3) is 0.100. The van der Waals surface area contributed by atoms with Gasteiger partial charge >= 0.3 is 0 Å². The van der Waals surface area contributed by atoms with Crippen molar-refractivity contribution in [2.75, 3.05) is 23.7 Å². The second-order valence-electron chi connectivity index (χ2n) is 5.59. The molecule has 3 N–H and O–H groups in total. The van der Waals surface area contributed by atoms with E-state index in [1.807, 2.05) is 48.5 Å². The number of rotatable bonds is 8. The number of hydrogen-bond donors (Lipinski definition) is 3. The Labute approximate surface area is 157 Å². The first kappa shape index (κ1) is 18.1. The summed E-state index contributed by atoms with van der Waals surface area (Å²) in [6.07, 6.45) is 6.48. The van der Waals surface area contributed by atoms with Crippen molar-refractivity contribution in [3.8, 4) is 0 Å². The lowest BCUT2D eigenvalue weighted by Gasteiger charge is -2.08. The fourth-order valence-corrected chi connectivity index (χ4v) is 2.26. The Morgan fingerprint density at radius 2 is 1.70 bits per heavy atom. The summed E-state index contributed by atoms with van der Waals surface area (Å²) < 4.78 is 0. The maximum absolute atomic E-state index is 11.8. The highest BCUT2D eigenvalue weighted by atomic mass is 16.1. The first-order valence-electron chi connectivity index (χ1n) is 8.54. The number of anilines is 3. The Morgan fingerprint density at radius 3 is 2.52 bits per heavy atom. The van der Waals surface area contributed by atoms with E-state index in [4.69, 9.17) is 0 Å². The average molecular weight is 360 g/mol. The van der Waals surface area contributed by atoms with Gasteiger partial charge in [0.05, 0.1) is 0 Å². The van der Waals surface area contributed by atoms with E-state index < -0.39 is 0 Å². The number of nitrogens with zero attached hydrogens (tertiary/aromatic N) is 3. The van der Waals surface area contributed by atoms with Crippen molar-refractivity contribution in [3.05, 3.63) is 78.8 Å². The van der Waals surface area contributed by atoms with E-state index in [0.29, 0.717) is 30.5 Å². The largest absolute Gasteiger partial charge is 0.368 e. The quantitative estimate of drug-likeness (QED) is 0.423. The number of carbonyl (C=O) groups is 1. The Morgan fingerprint density at radius 1 is 0.889 bits per heavy atom. The van der Waals surface area contributed by atoms with E-state index in [2.05, 4.69) is 30.9 Å². The van der Waals surface area contributed by atoms with E-state index in [-0.39, 0.29) is 5.91 Å². The van der Waals surface area contributed by atoms with Crippen molar-refractivity contribution in [1.82, 2.24) is 20.3 Å². The lowest BCUT2D eigenvalue weighted by atomic mass is 10.2. The van der Waals surface area contributed by atoms with Crippen LogP contribution in [0, 0.1) is 0 Å². The molecule has 0 saturated heterocycles. The first-order valence-corrected chi connectivity index (χ1v) is 8.54. The van der Waals surface area contributed by atoms with Crippen LogP contribution >= 0.6 is 0 Å². The molecular formula is C20H20N6O. The molecule has 3 rings (SSSR count). The molecule has 0 unspecified atom stereocenters. The highest BCUT2D eigenvalue weighted by molar-refractivity contribution is 5.91. The fourth-order valence-electron chi connectivity index (χ4n) is 2.26. The van der Waals surface area contributed by atoms with Gasteiger partial charge in [-0.3, -0.25) is 4.79 Å². The SMILES string of the molecule is O=C(/C=C/c1ccccc1)NCCNc1cc(Nc2ccccn2)ncn1. The third-order valence-corrected chi connectivity index (χ3v) is 3.55. The topological polar surface area (TPSA) is 91.8 Å². The van der Waals surface area contributed by atoms with Crippen LogP contribution < -0.4 is 16.0 Å². The van der Waals surface area contributed by atoms with Crippen molar-refractivity contribution in [3.63, 3.8) is 0 Å². The number of benzene rings is 1. The van der Waals surface area contributed by atoms with Crippen molar-refractivity contribution in [1.29, 1.82) is 0 Å². The summed E-state index contributed by atoms with van der Waals surface area (Å²) in [4.78, 5) is 24.3. The van der Waals surface area contributed by atoms with Gasteiger partial charge < -0.3 is 16.0 Å². The maximum atomic E-state index is 11.8. The van der Waals surface area contributed by atoms with Gasteiger partial charge in [0.15, 0.2) is 0 Å². The molecule has 0 bridgehead atoms. The zero-order valence-corrected chi connectivity index (χ0v) is 14.7. The van der Waals surface area contributed by atoms with Crippen molar-refractivity contribution in [2.24, 2.45) is 0 Å². The summed E-state index contributed by atoms with van der Waals surface area (Å²) in [6, 6.07) is 17.1. The molecule has 0 atom stereocenters. The van der Waals surface area contributed by atoms with E-state index >= 15 is 0 Å². The second kappa shape index (κ2) is 9.67. The molecule has 136 valence electrons. The van der Waals surface area contributed by atoms with Gasteiger partial charge in [-0.25, -0.2) is 15.0 Å². The molecule has 0 spiro atoms. The Hall–Kier alpha value is -3.74. The molecule has 7 heteroatoms. The predicted octanol–water partition coefficient (Wildman–Crippen LogP) is 2.86. The van der Waals surface area contributed by atoms with Gasteiger partial charge in [-0.15, -0.1) is 0 Å². The van der Waals surface area contributed by atoms with Gasteiger partial charge in [-0.05, 0) is 23.8 Å². The minimum absolute atomic E-state index is 0.138. The van der Waals surface area contributed by atoms with Gasteiger partial charge in [-0.2, -0.15) is 0 Å². The van der Waals surface area contributed by atoms with Gasteiger partial charge in [0.1, 0.15) is 23.8 Å². The third-order valence-electron chi connectivity index (χ3n) is 3.55. The number of carbonyl (C=O) groups excluding carboxylic acids is 1. The molecule has 0 aliphatic rings. The molecule has 1 amide bonds. The van der Waals surface area contributed by atoms with Gasteiger partial charge in [0.2, 0.25) is 5.91 Å². The number of aromatic nitrogens is 3. The van der Waals surface area contributed by atoms with E-state index in [0.717, 1.165) is 5.56 Å². The molecule has 2 aromatic heterocycles. The Kier molecular flexibility index (Phi) is 6.47. The highest BCUT2D eigenvalue weighted by Gasteiger charge is 2.00. The summed E-state index contributed by atoms with van der Waals surface area (Å²) in [6.45, 7) is 1.02. The smallest absolute Gasteiger partial charge is 0.244 e. The summed E-state index contributed by atoms with van der Waals surface area (Å²) in [7, 11) is 0. The van der Waals surface area contributed by atoms with E-state index in [1.54, 1.807) is 18.3 Å². The number of nitrogens with one attached hydrogen (secondary N) is 3. The molecule has 0 aliphatic carbocycles. The summed E-state index contributed by atoms with van der Waals surface area (Å²) in [5.74, 6) is 1.87. The van der Waals surface area contributed by atoms with Crippen LogP contribution in [0.4, 0.5) is 17.5 Å². The molecule has 0 saturated carbocycles. The average Bonchev–Trinajstić information content (AvgIpc) is 2.71.